The quantitative estimate of drug-likeness (QED) is 0.844. The molecule has 0 aliphatic carbocycles. The Morgan fingerprint density at radius 3 is 2.42 bits per heavy atom. The van der Waals surface area contributed by atoms with Crippen molar-refractivity contribution >= 4 is 16.9 Å². The number of benzene rings is 1. The molecule has 0 amide bonds. The molecule has 1 aromatic carbocycles. The first-order valence-corrected chi connectivity index (χ1v) is 5.41. The van der Waals surface area contributed by atoms with E-state index in [1.165, 1.54) is 31.6 Å². The number of carbonyl (C=O) groups is 1. The maximum atomic E-state index is 12.1. The Labute approximate surface area is 106 Å². The average molecular weight is 260 g/mol. The molecule has 1 aliphatic heterocycles. The first-order valence-electron chi connectivity index (χ1n) is 5.41. The van der Waals surface area contributed by atoms with E-state index in [1.54, 1.807) is 0 Å². The van der Waals surface area contributed by atoms with Gasteiger partial charge in [0, 0.05) is 11.6 Å². The summed E-state index contributed by atoms with van der Waals surface area (Å²) in [4.78, 5) is 23.1. The van der Waals surface area contributed by atoms with Gasteiger partial charge in [-0.25, -0.2) is 4.79 Å². The fraction of sp³-hybridized carbons (Fsp3) is 0.0769. The van der Waals surface area contributed by atoms with Gasteiger partial charge in [0.1, 0.15) is 18.1 Å². The summed E-state index contributed by atoms with van der Waals surface area (Å²) in [5.74, 6) is -0.917. The van der Waals surface area contributed by atoms with Crippen LogP contribution in [-0.2, 0) is 0 Å². The van der Waals surface area contributed by atoms with Gasteiger partial charge in [-0.1, -0.05) is 0 Å². The lowest BCUT2D eigenvalue weighted by atomic mass is 10.1. The van der Waals surface area contributed by atoms with Gasteiger partial charge in [0.05, 0.1) is 5.39 Å². The molecule has 1 aromatic heterocycles. The van der Waals surface area contributed by atoms with Crippen LogP contribution < -0.4 is 14.9 Å². The van der Waals surface area contributed by atoms with Crippen molar-refractivity contribution < 1.29 is 23.8 Å². The number of hydrogen-bond donors (Lipinski definition) is 1. The van der Waals surface area contributed by atoms with Crippen LogP contribution in [-0.4, -0.2) is 11.1 Å². The Morgan fingerprint density at radius 2 is 1.79 bits per heavy atom. The molecular formula is C13H8O6. The second kappa shape index (κ2) is 3.88. The largest absolute Gasteiger partial charge is 0.475 e. The van der Waals surface area contributed by atoms with Crippen LogP contribution in [0, 0.1) is 6.92 Å². The maximum absolute atomic E-state index is 12.1. The van der Waals surface area contributed by atoms with E-state index in [9.17, 15) is 9.59 Å². The third-order valence-electron chi connectivity index (χ3n) is 2.82. The van der Waals surface area contributed by atoms with E-state index in [0.29, 0.717) is 11.5 Å². The van der Waals surface area contributed by atoms with Gasteiger partial charge >= 0.3 is 5.97 Å². The summed E-state index contributed by atoms with van der Waals surface area (Å²) in [6.45, 7) is 1.41. The minimum absolute atomic E-state index is 0.0484. The highest BCUT2D eigenvalue weighted by molar-refractivity contribution is 5.90. The Balaban J connectivity index is 2.38. The molecule has 2 heterocycles. The summed E-state index contributed by atoms with van der Waals surface area (Å²) < 4.78 is 15.6. The van der Waals surface area contributed by atoms with Gasteiger partial charge in [-0.05, 0) is 13.0 Å². The molecule has 0 saturated carbocycles. The second-order valence-electron chi connectivity index (χ2n) is 3.99. The van der Waals surface area contributed by atoms with Crippen molar-refractivity contribution in [1.82, 2.24) is 0 Å². The predicted molar refractivity (Wildman–Crippen MR) is 64.6 cm³/mol. The van der Waals surface area contributed by atoms with Crippen molar-refractivity contribution in [2.45, 2.75) is 6.92 Å². The Bertz CT molecular complexity index is 784. The molecule has 6 heteroatoms. The molecule has 96 valence electrons. The topological polar surface area (TPSA) is 86.0 Å². The van der Waals surface area contributed by atoms with Gasteiger partial charge in [-0.3, -0.25) is 4.79 Å². The Morgan fingerprint density at radius 1 is 1.16 bits per heavy atom. The third kappa shape index (κ3) is 1.65. The highest BCUT2D eigenvalue weighted by Gasteiger charge is 2.19. The molecule has 0 saturated heterocycles. The lowest BCUT2D eigenvalue weighted by Crippen LogP contribution is -2.13. The number of fused-ring (bicyclic) bond motifs is 2. The molecule has 1 aliphatic rings. The number of carboxylic acids is 1. The molecular weight excluding hydrogens is 252 g/mol. The zero-order valence-electron chi connectivity index (χ0n) is 9.80. The highest BCUT2D eigenvalue weighted by atomic mass is 16.5. The van der Waals surface area contributed by atoms with Gasteiger partial charge in [-0.2, -0.15) is 0 Å². The summed E-state index contributed by atoms with van der Waals surface area (Å²) in [6, 6.07) is 2.90. The first-order chi connectivity index (χ1) is 9.08. The molecule has 3 rings (SSSR count). The third-order valence-corrected chi connectivity index (χ3v) is 2.82. The zero-order valence-corrected chi connectivity index (χ0v) is 9.80. The van der Waals surface area contributed by atoms with Crippen LogP contribution in [0.3, 0.4) is 0 Å². The SMILES string of the molecule is Cc1c(C(=O)O)oc2cc3c(cc2c1=O)OC=CO3. The van der Waals surface area contributed by atoms with Crippen molar-refractivity contribution in [3.8, 4) is 11.5 Å². The monoisotopic (exact) mass is 260 g/mol. The summed E-state index contributed by atoms with van der Waals surface area (Å²) in [7, 11) is 0. The molecule has 6 nitrogen and oxygen atoms in total. The van der Waals surface area contributed by atoms with Crippen LogP contribution in [0.25, 0.3) is 11.0 Å². The van der Waals surface area contributed by atoms with E-state index >= 15 is 0 Å². The molecule has 0 fully saturated rings. The lowest BCUT2D eigenvalue weighted by Gasteiger charge is -2.13. The van der Waals surface area contributed by atoms with Crippen LogP contribution in [0.2, 0.25) is 0 Å². The first kappa shape index (κ1) is 11.3. The van der Waals surface area contributed by atoms with E-state index < -0.39 is 11.4 Å². The summed E-state index contributed by atoms with van der Waals surface area (Å²) in [5.41, 5.74) is -0.211. The van der Waals surface area contributed by atoms with Gasteiger partial charge in [0.2, 0.25) is 5.76 Å². The van der Waals surface area contributed by atoms with E-state index in [4.69, 9.17) is 19.0 Å². The second-order valence-corrected chi connectivity index (χ2v) is 3.99. The summed E-state index contributed by atoms with van der Waals surface area (Å²) in [5, 5.41) is 9.24. The van der Waals surface area contributed by atoms with Gasteiger partial charge in [0.15, 0.2) is 16.9 Å². The molecule has 19 heavy (non-hydrogen) atoms. The fourth-order valence-corrected chi connectivity index (χ4v) is 1.89. The number of carboxylic acid groups (broad SMARTS) is 1. The number of rotatable bonds is 1. The molecule has 0 atom stereocenters. The van der Waals surface area contributed by atoms with Crippen LogP contribution in [0.15, 0.2) is 33.9 Å². The van der Waals surface area contributed by atoms with Gasteiger partial charge < -0.3 is 19.0 Å². The molecule has 0 spiro atoms. The highest BCUT2D eigenvalue weighted by Crippen LogP contribution is 2.34. The smallest absolute Gasteiger partial charge is 0.372 e. The standard InChI is InChI=1S/C13H8O6/c1-6-11(14)7-4-9-10(18-3-2-17-9)5-8(7)19-12(6)13(15)16/h2-5H,1H3,(H,15,16). The van der Waals surface area contributed by atoms with Gasteiger partial charge in [0.25, 0.3) is 0 Å². The number of aromatic carboxylic acids is 1. The number of hydrogen-bond acceptors (Lipinski definition) is 5. The molecule has 1 N–H and O–H groups in total. The van der Waals surface area contributed by atoms with E-state index in [1.807, 2.05) is 0 Å². The van der Waals surface area contributed by atoms with Crippen molar-refractivity contribution in [3.05, 3.63) is 46.2 Å². The van der Waals surface area contributed by atoms with Crippen LogP contribution >= 0.6 is 0 Å². The van der Waals surface area contributed by atoms with Crippen molar-refractivity contribution in [1.29, 1.82) is 0 Å². The predicted octanol–water partition coefficient (Wildman–Crippen LogP) is 2.04. The summed E-state index contributed by atoms with van der Waals surface area (Å²) in [6.07, 6.45) is 2.67. The Hall–Kier alpha value is -2.76. The maximum Gasteiger partial charge on any atom is 0.372 e. The van der Waals surface area contributed by atoms with E-state index in [0.717, 1.165) is 0 Å². The number of ether oxygens (including phenoxy) is 2. The van der Waals surface area contributed by atoms with Crippen molar-refractivity contribution in [2.24, 2.45) is 0 Å². The van der Waals surface area contributed by atoms with Crippen molar-refractivity contribution in [2.75, 3.05) is 0 Å². The van der Waals surface area contributed by atoms with Crippen LogP contribution in [0.4, 0.5) is 0 Å². The van der Waals surface area contributed by atoms with Crippen LogP contribution in [0.1, 0.15) is 16.1 Å². The fourth-order valence-electron chi connectivity index (χ4n) is 1.89. The van der Waals surface area contributed by atoms with E-state index in [2.05, 4.69) is 0 Å². The molecule has 0 unspecified atom stereocenters. The molecule has 0 bridgehead atoms. The van der Waals surface area contributed by atoms with Crippen molar-refractivity contribution in [3.63, 3.8) is 0 Å². The zero-order chi connectivity index (χ0) is 13.6. The van der Waals surface area contributed by atoms with Crippen LogP contribution in [0.5, 0.6) is 11.5 Å². The van der Waals surface area contributed by atoms with E-state index in [-0.39, 0.29) is 22.3 Å². The lowest BCUT2D eigenvalue weighted by molar-refractivity contribution is 0.0661. The van der Waals surface area contributed by atoms with Gasteiger partial charge in [-0.15, -0.1) is 0 Å². The minimum Gasteiger partial charge on any atom is -0.475 e. The minimum atomic E-state index is -1.29. The normalized spacial score (nSPS) is 12.7. The molecule has 2 aromatic rings. The molecule has 0 radical (unpaired) electrons. The average Bonchev–Trinajstić information content (AvgIpc) is 2.41. The summed E-state index contributed by atoms with van der Waals surface area (Å²) >= 11 is 0. The Kier molecular flexibility index (Phi) is 2.31.